The number of rotatable bonds is 6. The van der Waals surface area contributed by atoms with E-state index in [0.717, 1.165) is 10.2 Å². The Morgan fingerprint density at radius 2 is 1.93 bits per heavy atom. The molecule has 0 saturated heterocycles. The Morgan fingerprint density at radius 3 is 2.27 bits per heavy atom. The number of ether oxygens (including phenoxy) is 2. The number of methoxy groups -OCH3 is 1. The van der Waals surface area contributed by atoms with E-state index in [1.54, 1.807) is 0 Å². The number of carbonyl (C=O) groups is 1. The maximum atomic E-state index is 11.4. The quantitative estimate of drug-likeness (QED) is 0.396. The van der Waals surface area contributed by atoms with Crippen molar-refractivity contribution in [3.63, 3.8) is 0 Å². The van der Waals surface area contributed by atoms with Crippen LogP contribution in [-0.2, 0) is 18.7 Å². The van der Waals surface area contributed by atoms with Crippen molar-refractivity contribution < 1.29 is 18.7 Å². The van der Waals surface area contributed by atoms with Crippen molar-refractivity contribution in [1.82, 2.24) is 0 Å². The molecule has 0 amide bonds. The van der Waals surface area contributed by atoms with E-state index in [2.05, 4.69) is 6.58 Å². The summed E-state index contributed by atoms with van der Waals surface area (Å²) in [4.78, 5) is 11.4. The molecule has 0 N–H and O–H groups in total. The molecule has 0 fully saturated rings. The fourth-order valence-electron chi connectivity index (χ4n) is 0.646. The second-order valence-corrected chi connectivity index (χ2v) is 9.15. The molecule has 6 heteroatoms. The average molecular weight is 247 g/mol. The first-order chi connectivity index (χ1) is 6.80. The molecule has 87 valence electrons. The van der Waals surface area contributed by atoms with Gasteiger partial charge in [0.05, 0.1) is 0 Å². The predicted octanol–water partition coefficient (Wildman–Crippen LogP) is 0.814. The van der Waals surface area contributed by atoms with E-state index < -0.39 is 14.3 Å². The molecule has 0 unspecified atom stereocenters. The fourth-order valence-corrected chi connectivity index (χ4v) is 1.56. The summed E-state index contributed by atoms with van der Waals surface area (Å²) in [5.41, 5.74) is 0.454. The van der Waals surface area contributed by atoms with Crippen LogP contribution in [0.5, 0.6) is 0 Å². The van der Waals surface area contributed by atoms with Gasteiger partial charge in [0, 0.05) is 22.9 Å². The summed E-state index contributed by atoms with van der Waals surface area (Å²) in [6, 6.07) is 0.683. The van der Waals surface area contributed by atoms with Crippen LogP contribution >= 0.6 is 0 Å². The Morgan fingerprint density at radius 1 is 1.40 bits per heavy atom. The standard InChI is InChI=1S/C9H19O4Si2/c1-7(6-14)8(10)12-9(11-2)13-15(3,4)5/h1,6H2,2-5,14H3. The van der Waals surface area contributed by atoms with Crippen LogP contribution in [0.25, 0.3) is 0 Å². The van der Waals surface area contributed by atoms with E-state index in [-0.39, 0.29) is 6.48 Å². The highest BCUT2D eigenvalue weighted by Gasteiger charge is 2.26. The third kappa shape index (κ3) is 6.61. The minimum Gasteiger partial charge on any atom is -0.398 e. The fraction of sp³-hybridized carbons (Fsp3) is 0.556. The molecule has 0 saturated carbocycles. The molecule has 1 radical (unpaired) electrons. The minimum absolute atomic E-state index is 0.0737. The van der Waals surface area contributed by atoms with Gasteiger partial charge in [-0.25, -0.2) is 4.79 Å². The summed E-state index contributed by atoms with van der Waals surface area (Å²) in [6.45, 7) is 9.45. The highest BCUT2D eigenvalue weighted by Crippen LogP contribution is 2.16. The van der Waals surface area contributed by atoms with Crippen LogP contribution in [0, 0.1) is 6.48 Å². The maximum absolute atomic E-state index is 11.4. The van der Waals surface area contributed by atoms with Crippen molar-refractivity contribution in [1.29, 1.82) is 0 Å². The average Bonchev–Trinajstić information content (AvgIpc) is 2.13. The Bertz CT molecular complexity index is 235. The minimum atomic E-state index is -1.81. The van der Waals surface area contributed by atoms with Crippen LogP contribution in [0.3, 0.4) is 0 Å². The molecule has 0 aromatic carbocycles. The van der Waals surface area contributed by atoms with Crippen molar-refractivity contribution in [3.8, 4) is 0 Å². The lowest BCUT2D eigenvalue weighted by Crippen LogP contribution is -2.31. The first-order valence-electron chi connectivity index (χ1n) is 4.80. The maximum Gasteiger partial charge on any atom is 0.419 e. The molecule has 0 spiro atoms. The first kappa shape index (κ1) is 14.6. The van der Waals surface area contributed by atoms with E-state index in [0.29, 0.717) is 11.6 Å². The molecule has 4 nitrogen and oxygen atoms in total. The zero-order valence-electron chi connectivity index (χ0n) is 10.0. The summed E-state index contributed by atoms with van der Waals surface area (Å²) in [7, 11) is 0.478. The van der Waals surface area contributed by atoms with Gasteiger partial charge in [0.15, 0.2) is 8.32 Å². The molecule has 0 rings (SSSR count). The lowest BCUT2D eigenvalue weighted by atomic mass is 10.4. The highest BCUT2D eigenvalue weighted by atomic mass is 28.4. The molecule has 0 bridgehead atoms. The molecule has 15 heavy (non-hydrogen) atoms. The monoisotopic (exact) mass is 247 g/mol. The van der Waals surface area contributed by atoms with Crippen LogP contribution in [0.15, 0.2) is 12.2 Å². The Labute approximate surface area is 95.1 Å². The zero-order valence-corrected chi connectivity index (χ0v) is 13.0. The van der Waals surface area contributed by atoms with Gasteiger partial charge in [-0.15, -0.1) is 0 Å². The number of esters is 1. The Balaban J connectivity index is 4.22. The first-order valence-corrected chi connectivity index (χ1v) is 9.62. The SMILES string of the molecule is C=C(C[SiH3])C(=O)O[C](OC)O[Si](C)(C)C. The second-order valence-electron chi connectivity index (χ2n) is 4.02. The van der Waals surface area contributed by atoms with E-state index in [1.807, 2.05) is 19.6 Å². The Kier molecular flexibility index (Phi) is 6.03. The molecule has 0 aliphatic heterocycles. The van der Waals surface area contributed by atoms with Crippen LogP contribution < -0.4 is 0 Å². The molecule has 0 aliphatic carbocycles. The number of hydrogen-bond acceptors (Lipinski definition) is 4. The summed E-state index contributed by atoms with van der Waals surface area (Å²) < 4.78 is 15.2. The third-order valence-corrected chi connectivity index (χ3v) is 3.08. The number of carbonyl (C=O) groups excluding carboxylic acids is 1. The van der Waals surface area contributed by atoms with Crippen molar-refractivity contribution >= 4 is 24.5 Å². The van der Waals surface area contributed by atoms with Gasteiger partial charge in [-0.05, 0) is 25.7 Å². The topological polar surface area (TPSA) is 44.8 Å². The van der Waals surface area contributed by atoms with Gasteiger partial charge in [-0.2, -0.15) is 0 Å². The van der Waals surface area contributed by atoms with Gasteiger partial charge in [0.1, 0.15) is 0 Å². The summed E-state index contributed by atoms with van der Waals surface area (Å²) in [5.74, 6) is -0.472. The third-order valence-electron chi connectivity index (χ3n) is 1.45. The van der Waals surface area contributed by atoms with Gasteiger partial charge < -0.3 is 13.9 Å². The van der Waals surface area contributed by atoms with E-state index in [9.17, 15) is 4.79 Å². The van der Waals surface area contributed by atoms with Crippen LogP contribution in [0.1, 0.15) is 0 Å². The van der Waals surface area contributed by atoms with E-state index in [1.165, 1.54) is 7.11 Å². The van der Waals surface area contributed by atoms with Gasteiger partial charge in [-0.1, -0.05) is 6.58 Å². The van der Waals surface area contributed by atoms with E-state index >= 15 is 0 Å². The summed E-state index contributed by atoms with van der Waals surface area (Å²) in [6.07, 6.45) is 0. The van der Waals surface area contributed by atoms with Crippen molar-refractivity contribution in [2.45, 2.75) is 25.7 Å². The molecule has 0 aliphatic rings. The molecule has 0 heterocycles. The lowest BCUT2D eigenvalue weighted by Gasteiger charge is -2.22. The van der Waals surface area contributed by atoms with Crippen molar-refractivity contribution in [2.24, 2.45) is 0 Å². The van der Waals surface area contributed by atoms with E-state index in [4.69, 9.17) is 13.9 Å². The second kappa shape index (κ2) is 6.21. The molecule has 0 aromatic rings. The lowest BCUT2D eigenvalue weighted by molar-refractivity contribution is -0.168. The van der Waals surface area contributed by atoms with Gasteiger partial charge >= 0.3 is 12.4 Å². The number of hydrogen-bond donors (Lipinski definition) is 0. The van der Waals surface area contributed by atoms with Crippen LogP contribution in [-0.4, -0.2) is 31.6 Å². The van der Waals surface area contributed by atoms with Gasteiger partial charge in [0.2, 0.25) is 0 Å². The molecular weight excluding hydrogens is 228 g/mol. The smallest absolute Gasteiger partial charge is 0.398 e. The summed E-state index contributed by atoms with van der Waals surface area (Å²) in [5, 5.41) is 0. The largest absolute Gasteiger partial charge is 0.419 e. The Hall–Kier alpha value is -0.436. The molecular formula is C9H19O4Si2. The molecule has 0 aromatic heterocycles. The van der Waals surface area contributed by atoms with Crippen LogP contribution in [0.2, 0.25) is 25.7 Å². The van der Waals surface area contributed by atoms with Gasteiger partial charge in [-0.3, -0.25) is 0 Å². The van der Waals surface area contributed by atoms with Crippen molar-refractivity contribution in [2.75, 3.05) is 7.11 Å². The molecule has 0 atom stereocenters. The zero-order chi connectivity index (χ0) is 12.1. The normalized spacial score (nSPS) is 11.8. The van der Waals surface area contributed by atoms with Crippen molar-refractivity contribution in [3.05, 3.63) is 18.6 Å². The predicted molar refractivity (Wildman–Crippen MR) is 64.7 cm³/mol. The van der Waals surface area contributed by atoms with Crippen LogP contribution in [0.4, 0.5) is 0 Å². The summed E-state index contributed by atoms with van der Waals surface area (Å²) >= 11 is 0. The highest BCUT2D eigenvalue weighted by molar-refractivity contribution is 6.69. The van der Waals surface area contributed by atoms with Gasteiger partial charge in [0.25, 0.3) is 0 Å².